The second kappa shape index (κ2) is 14.8. The molecule has 0 amide bonds. The van der Waals surface area contributed by atoms with Crippen LogP contribution in [-0.2, 0) is 33.3 Å². The topological polar surface area (TPSA) is 104 Å². The predicted octanol–water partition coefficient (Wildman–Crippen LogP) is 6.04. The molecular formula is C35H61NO8. The molecule has 0 radical (unpaired) electrons. The highest BCUT2D eigenvalue weighted by Crippen LogP contribution is 2.41. The summed E-state index contributed by atoms with van der Waals surface area (Å²) in [6, 6.07) is 0.237. The van der Waals surface area contributed by atoms with Gasteiger partial charge in [0.1, 0.15) is 5.76 Å². The highest BCUT2D eigenvalue weighted by Gasteiger charge is 2.49. The number of ketones is 1. The minimum Gasteiger partial charge on any atom is -0.456 e. The van der Waals surface area contributed by atoms with Gasteiger partial charge in [-0.05, 0) is 79.1 Å². The largest absolute Gasteiger partial charge is 0.456 e. The van der Waals surface area contributed by atoms with Crippen LogP contribution in [0.3, 0.4) is 0 Å². The van der Waals surface area contributed by atoms with Crippen LogP contribution in [0, 0.1) is 23.7 Å². The maximum atomic E-state index is 13.7. The highest BCUT2D eigenvalue weighted by atomic mass is 16.7. The average molecular weight is 624 g/mol. The van der Waals surface area contributed by atoms with Gasteiger partial charge < -0.3 is 33.7 Å². The van der Waals surface area contributed by atoms with Crippen molar-refractivity contribution in [1.29, 1.82) is 0 Å². The average Bonchev–Trinajstić information content (AvgIpc) is 2.92. The molecule has 9 nitrogen and oxygen atoms in total. The maximum absolute atomic E-state index is 13.7. The molecule has 2 heterocycles. The van der Waals surface area contributed by atoms with Crippen LogP contribution >= 0.6 is 0 Å². The summed E-state index contributed by atoms with van der Waals surface area (Å²) in [4.78, 5) is 28.8. The molecule has 2 aliphatic heterocycles. The molecule has 0 spiro atoms. The first-order valence-corrected chi connectivity index (χ1v) is 16.2. The van der Waals surface area contributed by atoms with Gasteiger partial charge in [0.2, 0.25) is 5.79 Å². The van der Waals surface area contributed by atoms with Crippen molar-refractivity contribution < 1.29 is 38.4 Å². The van der Waals surface area contributed by atoms with Gasteiger partial charge in [-0.1, -0.05) is 41.0 Å². The van der Waals surface area contributed by atoms with E-state index >= 15 is 0 Å². The molecule has 0 saturated carbocycles. The number of Topliss-reactive ketones (excluding diaryl/α,β-unsaturated/α-hetero) is 1. The Hall–Kier alpha value is -1.78. The van der Waals surface area contributed by atoms with Crippen LogP contribution in [0.2, 0.25) is 0 Å². The van der Waals surface area contributed by atoms with Crippen molar-refractivity contribution in [2.45, 2.75) is 144 Å². The Labute approximate surface area is 266 Å². The Morgan fingerprint density at radius 1 is 1.18 bits per heavy atom. The molecule has 1 fully saturated rings. The third kappa shape index (κ3) is 8.93. The van der Waals surface area contributed by atoms with E-state index in [-0.39, 0.29) is 29.8 Å². The quantitative estimate of drug-likeness (QED) is 0.183. The molecule has 2 rings (SSSR count). The summed E-state index contributed by atoms with van der Waals surface area (Å²) >= 11 is 0. The Balaban J connectivity index is 2.55. The Morgan fingerprint density at radius 2 is 1.77 bits per heavy atom. The van der Waals surface area contributed by atoms with Crippen molar-refractivity contribution in [3.05, 3.63) is 23.0 Å². The number of aliphatic hydroxyl groups is 1. The molecule has 0 aromatic rings. The predicted molar refractivity (Wildman–Crippen MR) is 172 cm³/mol. The molecule has 3 unspecified atom stereocenters. The summed E-state index contributed by atoms with van der Waals surface area (Å²) < 4.78 is 31.3. The van der Waals surface area contributed by atoms with Gasteiger partial charge in [0.05, 0.1) is 29.0 Å². The summed E-state index contributed by atoms with van der Waals surface area (Å²) in [5.74, 6) is -2.06. The van der Waals surface area contributed by atoms with E-state index in [1.807, 2.05) is 41.5 Å². The standard InChI is InChI=1S/C35H61NO8/c1-16-22(4)34(11,39)18-20(2)28(37)21(3)19-35(12,40-15)30(25(7)29-26(8)31(38)44-33(9,10)43-29)42-32-24(6)27(36(13)14)17-23(5)41-32/h18,21-25,27,30,32,39H,16-17,19H2,1-15H3/b20-18+/t21-,22-,23?,24?,25+,27?,30-,32+,34+,35-/m1/s1. The molecule has 0 bridgehead atoms. The summed E-state index contributed by atoms with van der Waals surface area (Å²) in [5, 5.41) is 11.0. The van der Waals surface area contributed by atoms with Crippen molar-refractivity contribution in [3.63, 3.8) is 0 Å². The van der Waals surface area contributed by atoms with Crippen LogP contribution in [0.1, 0.15) is 102 Å². The van der Waals surface area contributed by atoms with Crippen LogP contribution in [-0.4, -0.2) is 84.5 Å². The number of allylic oxidation sites excluding steroid dienone is 1. The normalized spacial score (nSPS) is 30.0. The van der Waals surface area contributed by atoms with Crippen LogP contribution < -0.4 is 0 Å². The van der Waals surface area contributed by atoms with E-state index < -0.39 is 47.2 Å². The fourth-order valence-corrected chi connectivity index (χ4v) is 6.72. The maximum Gasteiger partial charge on any atom is 0.340 e. The van der Waals surface area contributed by atoms with Gasteiger partial charge in [-0.25, -0.2) is 4.79 Å². The van der Waals surface area contributed by atoms with Gasteiger partial charge >= 0.3 is 5.97 Å². The van der Waals surface area contributed by atoms with E-state index in [0.717, 1.165) is 12.8 Å². The summed E-state index contributed by atoms with van der Waals surface area (Å²) in [6.07, 6.45) is 2.41. The lowest BCUT2D eigenvalue weighted by Crippen LogP contribution is -2.56. The zero-order chi connectivity index (χ0) is 33.9. The van der Waals surface area contributed by atoms with Gasteiger partial charge in [-0.2, -0.15) is 0 Å². The van der Waals surface area contributed by atoms with Gasteiger partial charge in [0.15, 0.2) is 12.1 Å². The number of rotatable bonds is 14. The summed E-state index contributed by atoms with van der Waals surface area (Å²) in [7, 11) is 5.75. The number of methoxy groups -OCH3 is 1. The van der Waals surface area contributed by atoms with Gasteiger partial charge in [0.25, 0.3) is 0 Å². The molecule has 0 aliphatic carbocycles. The molecule has 1 saturated heterocycles. The number of hydrogen-bond donors (Lipinski definition) is 1. The van der Waals surface area contributed by atoms with Gasteiger partial charge in [-0.3, -0.25) is 4.79 Å². The van der Waals surface area contributed by atoms with Crippen molar-refractivity contribution in [2.24, 2.45) is 23.7 Å². The fraction of sp³-hybridized carbons (Fsp3) is 0.829. The van der Waals surface area contributed by atoms with E-state index in [2.05, 4.69) is 25.9 Å². The summed E-state index contributed by atoms with van der Waals surface area (Å²) in [5.41, 5.74) is -1.21. The lowest BCUT2D eigenvalue weighted by Gasteiger charge is -2.48. The zero-order valence-electron chi connectivity index (χ0n) is 30.1. The Morgan fingerprint density at radius 3 is 2.30 bits per heavy atom. The molecule has 254 valence electrons. The first-order valence-electron chi connectivity index (χ1n) is 16.2. The van der Waals surface area contributed by atoms with Crippen LogP contribution in [0.25, 0.3) is 0 Å². The molecular weight excluding hydrogens is 562 g/mol. The number of nitrogens with zero attached hydrogens (tertiary/aromatic N) is 1. The number of carbonyl (C=O) groups excluding carboxylic acids is 2. The second-order valence-electron chi connectivity index (χ2n) is 14.5. The van der Waals surface area contributed by atoms with Crippen molar-refractivity contribution in [1.82, 2.24) is 4.90 Å². The minimum atomic E-state index is -1.15. The molecule has 1 N–H and O–H groups in total. The minimum absolute atomic E-state index is 0.00255. The molecule has 44 heavy (non-hydrogen) atoms. The number of esters is 1. The van der Waals surface area contributed by atoms with Crippen LogP contribution in [0.15, 0.2) is 23.0 Å². The molecule has 0 aromatic carbocycles. The first kappa shape index (κ1) is 38.4. The van der Waals surface area contributed by atoms with E-state index in [4.69, 9.17) is 23.7 Å². The fourth-order valence-electron chi connectivity index (χ4n) is 6.72. The van der Waals surface area contributed by atoms with E-state index in [9.17, 15) is 14.7 Å². The molecule has 10 atom stereocenters. The van der Waals surface area contributed by atoms with Crippen LogP contribution in [0.5, 0.6) is 0 Å². The number of hydrogen-bond acceptors (Lipinski definition) is 9. The van der Waals surface area contributed by atoms with Crippen LogP contribution in [0.4, 0.5) is 0 Å². The Kier molecular flexibility index (Phi) is 12.9. The van der Waals surface area contributed by atoms with Crippen molar-refractivity contribution in [2.75, 3.05) is 21.2 Å². The third-order valence-corrected chi connectivity index (χ3v) is 9.89. The number of cyclic esters (lactones) is 1. The Bertz CT molecular complexity index is 1080. The van der Waals surface area contributed by atoms with Gasteiger partial charge in [0, 0.05) is 44.8 Å². The number of carbonyl (C=O) groups is 2. The van der Waals surface area contributed by atoms with E-state index in [1.54, 1.807) is 47.8 Å². The molecule has 0 aromatic heterocycles. The van der Waals surface area contributed by atoms with Crippen molar-refractivity contribution in [3.8, 4) is 0 Å². The summed E-state index contributed by atoms with van der Waals surface area (Å²) in [6.45, 7) is 22.5. The third-order valence-electron chi connectivity index (χ3n) is 9.89. The molecule has 2 aliphatic rings. The zero-order valence-corrected chi connectivity index (χ0v) is 30.1. The second-order valence-corrected chi connectivity index (χ2v) is 14.5. The molecule has 9 heteroatoms. The lowest BCUT2D eigenvalue weighted by molar-refractivity contribution is -0.284. The van der Waals surface area contributed by atoms with E-state index in [1.165, 1.54) is 0 Å². The number of ether oxygens (including phenoxy) is 5. The highest BCUT2D eigenvalue weighted by molar-refractivity contribution is 5.96. The van der Waals surface area contributed by atoms with E-state index in [0.29, 0.717) is 23.3 Å². The monoisotopic (exact) mass is 623 g/mol. The lowest BCUT2D eigenvalue weighted by atomic mass is 9.78. The smallest absolute Gasteiger partial charge is 0.340 e. The first-order chi connectivity index (χ1) is 20.1. The van der Waals surface area contributed by atoms with Crippen molar-refractivity contribution >= 4 is 11.8 Å². The SMILES string of the molecule is CC[C@@H](C)[C@@](C)(O)/C=C(\C)C(=O)[C@H](C)C[C@@](C)(OC)[C@H](O[C@@H]1OC(C)CC(N(C)C)C1C)[C@@H](C)C1=C(C)C(=O)OC(C)(C)O1. The van der Waals surface area contributed by atoms with Gasteiger partial charge in [-0.15, -0.1) is 0 Å².